The van der Waals surface area contributed by atoms with E-state index < -0.39 is 23.1 Å². The SMILES string of the molecule is COC(=O)C(C)(O)[C@@](O)(C[C@H](C)CC/C=C(/C)CC/C=C(\C)CCCc1ccoc1)C(=O)OC. The first kappa shape index (κ1) is 29.7. The van der Waals surface area contributed by atoms with E-state index in [0.717, 1.165) is 59.7 Å². The highest BCUT2D eigenvalue weighted by Gasteiger charge is 2.58. The number of aliphatic hydroxyl groups is 2. The highest BCUT2D eigenvalue weighted by molar-refractivity contribution is 5.92. The van der Waals surface area contributed by atoms with Crippen LogP contribution < -0.4 is 0 Å². The van der Waals surface area contributed by atoms with Crippen molar-refractivity contribution < 1.29 is 33.7 Å². The second-order valence-electron chi connectivity index (χ2n) is 9.43. The number of hydrogen-bond donors (Lipinski definition) is 2. The summed E-state index contributed by atoms with van der Waals surface area (Å²) in [4.78, 5) is 24.2. The average Bonchev–Trinajstić information content (AvgIpc) is 3.31. The van der Waals surface area contributed by atoms with Crippen LogP contribution in [-0.4, -0.2) is 47.6 Å². The molecule has 7 heteroatoms. The van der Waals surface area contributed by atoms with Gasteiger partial charge in [-0.1, -0.05) is 30.2 Å². The van der Waals surface area contributed by atoms with Crippen molar-refractivity contribution in [2.75, 3.05) is 14.2 Å². The van der Waals surface area contributed by atoms with Crippen molar-refractivity contribution in [2.45, 2.75) is 90.3 Å². The number of hydrogen-bond acceptors (Lipinski definition) is 7. The lowest BCUT2D eigenvalue weighted by molar-refractivity contribution is -0.210. The van der Waals surface area contributed by atoms with E-state index >= 15 is 0 Å². The molecule has 0 aliphatic carbocycles. The number of allylic oxidation sites excluding steroid dienone is 4. The molecular formula is C27H42O7. The molecule has 0 saturated carbocycles. The van der Waals surface area contributed by atoms with Crippen LogP contribution in [0.2, 0.25) is 0 Å². The second-order valence-corrected chi connectivity index (χ2v) is 9.43. The van der Waals surface area contributed by atoms with Crippen LogP contribution in [0.25, 0.3) is 0 Å². The van der Waals surface area contributed by atoms with Gasteiger partial charge in [0, 0.05) is 0 Å². The molecule has 0 aliphatic rings. The Morgan fingerprint density at radius 1 is 1.06 bits per heavy atom. The molecule has 7 nitrogen and oxygen atoms in total. The number of carbonyl (C=O) groups excluding carboxylic acids is 2. The number of carbonyl (C=O) groups is 2. The maximum Gasteiger partial charge on any atom is 0.341 e. The third kappa shape index (κ3) is 8.76. The molecule has 1 aromatic heterocycles. The molecule has 0 aromatic carbocycles. The minimum atomic E-state index is -2.42. The summed E-state index contributed by atoms with van der Waals surface area (Å²) in [5.41, 5.74) is -0.909. The lowest BCUT2D eigenvalue weighted by Gasteiger charge is -2.37. The molecule has 0 aliphatic heterocycles. The number of ether oxygens (including phenoxy) is 2. The third-order valence-electron chi connectivity index (χ3n) is 6.36. The molecule has 0 spiro atoms. The molecule has 0 bridgehead atoms. The zero-order chi connectivity index (χ0) is 25.8. The third-order valence-corrected chi connectivity index (χ3v) is 6.36. The molecule has 0 saturated heterocycles. The van der Waals surface area contributed by atoms with Crippen LogP contribution in [0.4, 0.5) is 0 Å². The van der Waals surface area contributed by atoms with E-state index in [-0.39, 0.29) is 12.3 Å². The van der Waals surface area contributed by atoms with Crippen LogP contribution >= 0.6 is 0 Å². The number of furan rings is 1. The van der Waals surface area contributed by atoms with E-state index in [9.17, 15) is 19.8 Å². The Kier molecular flexibility index (Phi) is 12.3. The Labute approximate surface area is 203 Å². The van der Waals surface area contributed by atoms with Gasteiger partial charge in [-0.05, 0) is 89.7 Å². The summed E-state index contributed by atoms with van der Waals surface area (Å²) in [6, 6.07) is 2.01. The lowest BCUT2D eigenvalue weighted by Crippen LogP contribution is -2.63. The van der Waals surface area contributed by atoms with Gasteiger partial charge in [-0.2, -0.15) is 0 Å². The van der Waals surface area contributed by atoms with Crippen molar-refractivity contribution in [3.8, 4) is 0 Å². The molecular weight excluding hydrogens is 436 g/mol. The van der Waals surface area contributed by atoms with Crippen molar-refractivity contribution >= 4 is 11.9 Å². The van der Waals surface area contributed by atoms with Gasteiger partial charge in [-0.15, -0.1) is 0 Å². The maximum absolute atomic E-state index is 12.3. The van der Waals surface area contributed by atoms with Crippen LogP contribution in [0.1, 0.15) is 78.2 Å². The smallest absolute Gasteiger partial charge is 0.341 e. The van der Waals surface area contributed by atoms with E-state index in [2.05, 4.69) is 35.5 Å². The zero-order valence-electron chi connectivity index (χ0n) is 21.6. The highest BCUT2D eigenvalue weighted by Crippen LogP contribution is 2.33. The molecule has 1 rings (SSSR count). The maximum atomic E-state index is 12.3. The van der Waals surface area contributed by atoms with E-state index in [4.69, 9.17) is 4.42 Å². The van der Waals surface area contributed by atoms with Gasteiger partial charge in [0.1, 0.15) is 0 Å². The van der Waals surface area contributed by atoms with Gasteiger partial charge in [-0.3, -0.25) is 0 Å². The van der Waals surface area contributed by atoms with Crippen LogP contribution in [0.5, 0.6) is 0 Å². The molecule has 0 amide bonds. The second kappa shape index (κ2) is 14.1. The first-order chi connectivity index (χ1) is 16.0. The quantitative estimate of drug-likeness (QED) is 0.272. The van der Waals surface area contributed by atoms with E-state index in [1.807, 2.05) is 13.0 Å². The normalized spacial score (nSPS) is 16.9. The van der Waals surface area contributed by atoms with Crippen LogP contribution in [0.3, 0.4) is 0 Å². The molecule has 0 radical (unpaired) electrons. The van der Waals surface area contributed by atoms with Crippen LogP contribution in [0, 0.1) is 5.92 Å². The number of rotatable bonds is 15. The topological polar surface area (TPSA) is 106 Å². The fourth-order valence-corrected chi connectivity index (χ4v) is 3.99. The van der Waals surface area contributed by atoms with Gasteiger partial charge in [0.2, 0.25) is 5.60 Å². The fraction of sp³-hybridized carbons (Fsp3) is 0.630. The summed E-state index contributed by atoms with van der Waals surface area (Å²) in [6.45, 7) is 7.20. The van der Waals surface area contributed by atoms with Crippen molar-refractivity contribution in [1.29, 1.82) is 0 Å². The first-order valence-corrected chi connectivity index (χ1v) is 11.9. The zero-order valence-corrected chi connectivity index (χ0v) is 21.6. The molecule has 0 fully saturated rings. The standard InChI is InChI=1S/C27H42O7/c1-20(10-7-11-21(2)13-9-15-23-16-17-34-19-23)12-8-14-22(3)18-27(31,25(29)33-6)26(4,30)24(28)32-5/h11-12,16-17,19,22,30-31H,7-10,13-15,18H2,1-6H3/b20-12-,21-11+/t22-,26?,27-/m1/s1. The van der Waals surface area contributed by atoms with E-state index in [1.54, 1.807) is 12.5 Å². The van der Waals surface area contributed by atoms with Crippen molar-refractivity contribution in [1.82, 2.24) is 0 Å². The van der Waals surface area contributed by atoms with Crippen molar-refractivity contribution in [3.63, 3.8) is 0 Å². The van der Waals surface area contributed by atoms with Crippen molar-refractivity contribution in [2.24, 2.45) is 5.92 Å². The number of methoxy groups -OCH3 is 2. The molecule has 1 heterocycles. The number of aryl methyl sites for hydroxylation is 1. The fourth-order valence-electron chi connectivity index (χ4n) is 3.99. The van der Waals surface area contributed by atoms with Gasteiger partial charge in [-0.25, -0.2) is 9.59 Å². The van der Waals surface area contributed by atoms with Gasteiger partial charge in [0.05, 0.1) is 26.7 Å². The molecule has 192 valence electrons. The van der Waals surface area contributed by atoms with Crippen LogP contribution in [-0.2, 0) is 25.5 Å². The highest BCUT2D eigenvalue weighted by atomic mass is 16.6. The molecule has 1 aromatic rings. The molecule has 34 heavy (non-hydrogen) atoms. The Bertz CT molecular complexity index is 820. The monoisotopic (exact) mass is 478 g/mol. The first-order valence-electron chi connectivity index (χ1n) is 11.9. The predicted molar refractivity (Wildman–Crippen MR) is 131 cm³/mol. The summed E-state index contributed by atoms with van der Waals surface area (Å²) in [5.74, 6) is -2.30. The van der Waals surface area contributed by atoms with E-state index in [1.165, 1.54) is 16.7 Å². The van der Waals surface area contributed by atoms with Gasteiger partial charge >= 0.3 is 11.9 Å². The largest absolute Gasteiger partial charge is 0.472 e. The Morgan fingerprint density at radius 2 is 1.68 bits per heavy atom. The molecule has 3 atom stereocenters. The predicted octanol–water partition coefficient (Wildman–Crippen LogP) is 4.91. The Hall–Kier alpha value is -2.38. The number of esters is 2. The Balaban J connectivity index is 2.50. The Morgan fingerprint density at radius 3 is 2.26 bits per heavy atom. The minimum absolute atomic E-state index is 0.130. The summed E-state index contributed by atoms with van der Waals surface area (Å²) in [7, 11) is 2.19. The summed E-state index contributed by atoms with van der Waals surface area (Å²) >= 11 is 0. The lowest BCUT2D eigenvalue weighted by atomic mass is 9.77. The van der Waals surface area contributed by atoms with Crippen molar-refractivity contribution in [3.05, 3.63) is 47.5 Å². The molecule has 1 unspecified atom stereocenters. The van der Waals surface area contributed by atoms with Crippen LogP contribution in [0.15, 0.2) is 46.3 Å². The summed E-state index contributed by atoms with van der Waals surface area (Å²) in [6.07, 6.45) is 14.4. The minimum Gasteiger partial charge on any atom is -0.472 e. The van der Waals surface area contributed by atoms with Gasteiger partial charge in [0.15, 0.2) is 5.60 Å². The summed E-state index contributed by atoms with van der Waals surface area (Å²) in [5, 5.41) is 21.5. The van der Waals surface area contributed by atoms with E-state index in [0.29, 0.717) is 6.42 Å². The van der Waals surface area contributed by atoms with Gasteiger partial charge < -0.3 is 24.1 Å². The average molecular weight is 479 g/mol. The van der Waals surface area contributed by atoms with Gasteiger partial charge in [0.25, 0.3) is 0 Å². The summed E-state index contributed by atoms with van der Waals surface area (Å²) < 4.78 is 14.3. The molecule has 2 N–H and O–H groups in total.